The van der Waals surface area contributed by atoms with Crippen molar-refractivity contribution in [1.82, 2.24) is 10.6 Å². The van der Waals surface area contributed by atoms with Gasteiger partial charge in [0.1, 0.15) is 0 Å². The van der Waals surface area contributed by atoms with E-state index in [1.165, 1.54) is 53.5 Å². The van der Waals surface area contributed by atoms with Crippen molar-refractivity contribution < 1.29 is 16.2 Å². The second kappa shape index (κ2) is 8.22. The summed E-state index contributed by atoms with van der Waals surface area (Å²) >= 11 is -0.0962. The number of nitrogens with zero attached hydrogens (tertiary/aromatic N) is 2. The normalized spacial score (nSPS) is 17.0. The van der Waals surface area contributed by atoms with Crippen LogP contribution in [0.15, 0.2) is 24.3 Å². The number of rotatable bonds is 2. The predicted octanol–water partition coefficient (Wildman–Crippen LogP) is 3.31. The Kier molecular flexibility index (Phi) is 5.83. The number of benzene rings is 2. The number of aryl methyl sites for hydroxylation is 6. The molecule has 2 saturated heterocycles. The van der Waals surface area contributed by atoms with E-state index >= 15 is 0 Å². The first kappa shape index (κ1) is 20.6. The van der Waals surface area contributed by atoms with Crippen LogP contribution in [0.25, 0.3) is 0 Å². The molecule has 2 heterocycles. The Morgan fingerprint density at radius 1 is 0.621 bits per heavy atom. The van der Waals surface area contributed by atoms with E-state index < -0.39 is 0 Å². The van der Waals surface area contributed by atoms with Crippen molar-refractivity contribution in [3.63, 3.8) is 0 Å². The van der Waals surface area contributed by atoms with Crippen molar-refractivity contribution in [2.75, 3.05) is 36.0 Å². The fraction of sp³-hybridized carbons (Fsp3) is 0.417. The van der Waals surface area contributed by atoms with E-state index in [0.29, 0.717) is 0 Å². The van der Waals surface area contributed by atoms with E-state index in [2.05, 4.69) is 86.2 Å². The maximum atomic E-state index is 3.71. The Bertz CT molecular complexity index is 908. The van der Waals surface area contributed by atoms with Crippen LogP contribution in [-0.4, -0.2) is 34.9 Å². The topological polar surface area (TPSA) is 30.5 Å². The molecule has 29 heavy (non-hydrogen) atoms. The molecule has 0 amide bonds. The molecule has 2 fully saturated rings. The number of hydrogen-bond donors (Lipinski definition) is 2. The zero-order valence-electron chi connectivity index (χ0n) is 18.4. The third kappa shape index (κ3) is 4.01. The van der Waals surface area contributed by atoms with E-state index in [0.717, 1.165) is 26.2 Å². The average Bonchev–Trinajstić information content (AvgIpc) is 3.24. The average molecular weight is 478 g/mol. The summed E-state index contributed by atoms with van der Waals surface area (Å²) in [7, 11) is 0. The van der Waals surface area contributed by atoms with E-state index in [9.17, 15) is 0 Å². The van der Waals surface area contributed by atoms with Crippen LogP contribution in [0, 0.1) is 41.5 Å². The van der Waals surface area contributed by atoms with Crippen molar-refractivity contribution in [3.8, 4) is 0 Å². The Balaban J connectivity index is 1.79. The van der Waals surface area contributed by atoms with E-state index in [4.69, 9.17) is 0 Å². The van der Waals surface area contributed by atoms with Crippen LogP contribution in [0.3, 0.4) is 0 Å². The Hall–Kier alpha value is -1.68. The van der Waals surface area contributed by atoms with Crippen molar-refractivity contribution in [2.45, 2.75) is 41.5 Å². The van der Waals surface area contributed by atoms with Gasteiger partial charge in [-0.2, -0.15) is 0 Å². The predicted molar refractivity (Wildman–Crippen MR) is 122 cm³/mol. The molecule has 0 atom stereocenters. The summed E-state index contributed by atoms with van der Waals surface area (Å²) in [5.41, 5.74) is 10.9. The molecule has 0 unspecified atom stereocenters. The van der Waals surface area contributed by atoms with Gasteiger partial charge in [0.25, 0.3) is 0 Å². The molecular formula is C24H32N4Ru. The van der Waals surface area contributed by atoms with Gasteiger partial charge in [-0.25, -0.2) is 0 Å². The van der Waals surface area contributed by atoms with Crippen LogP contribution in [0.2, 0.25) is 0 Å². The summed E-state index contributed by atoms with van der Waals surface area (Å²) in [5.74, 6) is 0. The van der Waals surface area contributed by atoms with Gasteiger partial charge in [0.15, 0.2) is 0 Å². The molecule has 2 aliphatic heterocycles. The number of anilines is 2. The molecule has 4 rings (SSSR count). The standard InChI is InChI=1S/2C12H16N2.Ru/c2*1-9-6-10(2)12(11(3)7-9)14-5-4-13-8-14;/h2*6-7,13H,4-5H2,1-3H3;. The van der Waals surface area contributed by atoms with Gasteiger partial charge in [-0.1, -0.05) is 0 Å². The number of nitrogens with one attached hydrogen (secondary N) is 2. The monoisotopic (exact) mass is 478 g/mol. The zero-order chi connectivity index (χ0) is 20.7. The van der Waals surface area contributed by atoms with Crippen LogP contribution in [0.4, 0.5) is 11.4 Å². The molecular weight excluding hydrogens is 445 g/mol. The molecule has 156 valence electrons. The van der Waals surface area contributed by atoms with E-state index in [-0.39, 0.29) is 16.2 Å². The third-order valence-electron chi connectivity index (χ3n) is 5.64. The van der Waals surface area contributed by atoms with Gasteiger partial charge in [-0.15, -0.1) is 0 Å². The van der Waals surface area contributed by atoms with Gasteiger partial charge < -0.3 is 0 Å². The summed E-state index contributed by atoms with van der Waals surface area (Å²) in [4.78, 5) is 5.06. The maximum absolute atomic E-state index is 3.71. The minimum absolute atomic E-state index is 0.0962. The molecule has 0 spiro atoms. The fourth-order valence-electron chi connectivity index (χ4n) is 4.77. The first-order chi connectivity index (χ1) is 13.8. The van der Waals surface area contributed by atoms with Crippen molar-refractivity contribution >= 4 is 20.1 Å². The molecule has 0 aliphatic carbocycles. The van der Waals surface area contributed by atoms with Gasteiger partial charge in [-0.05, 0) is 0 Å². The zero-order valence-corrected chi connectivity index (χ0v) is 20.1. The van der Waals surface area contributed by atoms with Crippen LogP contribution in [0.1, 0.15) is 33.4 Å². The van der Waals surface area contributed by atoms with Crippen LogP contribution in [-0.2, 0) is 16.2 Å². The van der Waals surface area contributed by atoms with E-state index in [1.54, 1.807) is 0 Å². The van der Waals surface area contributed by atoms with Gasteiger partial charge in [0.2, 0.25) is 0 Å². The Morgan fingerprint density at radius 3 is 1.31 bits per heavy atom. The van der Waals surface area contributed by atoms with Gasteiger partial charge >= 0.3 is 182 Å². The molecule has 0 saturated carbocycles. The van der Waals surface area contributed by atoms with Gasteiger partial charge in [-0.3, -0.25) is 0 Å². The summed E-state index contributed by atoms with van der Waals surface area (Å²) < 4.78 is 2.79. The summed E-state index contributed by atoms with van der Waals surface area (Å²) in [6, 6.07) is 9.22. The van der Waals surface area contributed by atoms with Crippen molar-refractivity contribution in [3.05, 3.63) is 57.6 Å². The molecule has 4 nitrogen and oxygen atoms in total. The first-order valence-corrected chi connectivity index (χ1v) is 12.1. The molecule has 0 bridgehead atoms. The van der Waals surface area contributed by atoms with Crippen LogP contribution >= 0.6 is 0 Å². The third-order valence-corrected chi connectivity index (χ3v) is 8.02. The minimum atomic E-state index is -0.0962. The molecule has 0 aromatic heterocycles. The second-order valence-corrected chi connectivity index (χ2v) is 10.4. The van der Waals surface area contributed by atoms with Gasteiger partial charge in [0, 0.05) is 0 Å². The molecule has 2 N–H and O–H groups in total. The Labute approximate surface area is 181 Å². The summed E-state index contributed by atoms with van der Waals surface area (Å²) in [6.07, 6.45) is 0. The van der Waals surface area contributed by atoms with Crippen molar-refractivity contribution in [1.29, 1.82) is 0 Å². The molecule has 2 aromatic rings. The molecule has 2 aliphatic rings. The SMILES string of the molecule is Cc1cc(C)c(N2CCN[C]2=[Ru]=[C]2NCCN2c2c(C)cc(C)cc2C)c(C)c1. The van der Waals surface area contributed by atoms with E-state index in [1.807, 2.05) is 0 Å². The van der Waals surface area contributed by atoms with Gasteiger partial charge in [0.05, 0.1) is 0 Å². The Morgan fingerprint density at radius 2 is 0.966 bits per heavy atom. The fourth-order valence-corrected chi connectivity index (χ4v) is 7.14. The quantitative estimate of drug-likeness (QED) is 0.650. The molecule has 2 aromatic carbocycles. The summed E-state index contributed by atoms with van der Waals surface area (Å²) in [5, 5.41) is 7.41. The molecule has 5 heteroatoms. The molecule has 0 radical (unpaired) electrons. The summed E-state index contributed by atoms with van der Waals surface area (Å²) in [6.45, 7) is 17.5. The first-order valence-electron chi connectivity index (χ1n) is 10.4. The second-order valence-electron chi connectivity index (χ2n) is 8.30. The van der Waals surface area contributed by atoms with Crippen LogP contribution < -0.4 is 20.4 Å². The van der Waals surface area contributed by atoms with Crippen molar-refractivity contribution in [2.24, 2.45) is 0 Å². The van der Waals surface area contributed by atoms with Crippen LogP contribution in [0.5, 0.6) is 0 Å². The number of hydrogen-bond acceptors (Lipinski definition) is 4.